The van der Waals surface area contributed by atoms with Crippen molar-refractivity contribution in [2.75, 3.05) is 11.1 Å². The van der Waals surface area contributed by atoms with Gasteiger partial charge >= 0.3 is 0 Å². The summed E-state index contributed by atoms with van der Waals surface area (Å²) < 4.78 is 1.49. The van der Waals surface area contributed by atoms with Crippen LogP contribution >= 0.6 is 0 Å². The van der Waals surface area contributed by atoms with Crippen molar-refractivity contribution in [3.63, 3.8) is 0 Å². The van der Waals surface area contributed by atoms with Crippen LogP contribution in [0, 0.1) is 0 Å². The molecule has 1 amide bonds. The lowest BCUT2D eigenvalue weighted by Crippen LogP contribution is -2.18. The van der Waals surface area contributed by atoms with E-state index in [1.165, 1.54) is 4.68 Å². The molecular formula is C14H16N6O. The predicted molar refractivity (Wildman–Crippen MR) is 81.0 cm³/mol. The average Bonchev–Trinajstić information content (AvgIpc) is 2.98. The van der Waals surface area contributed by atoms with Crippen molar-refractivity contribution in [2.45, 2.75) is 13.3 Å². The third-order valence-corrected chi connectivity index (χ3v) is 3.33. The van der Waals surface area contributed by atoms with Crippen LogP contribution in [0.5, 0.6) is 0 Å². The van der Waals surface area contributed by atoms with E-state index >= 15 is 0 Å². The van der Waals surface area contributed by atoms with Gasteiger partial charge in [-0.3, -0.25) is 14.8 Å². The van der Waals surface area contributed by atoms with E-state index in [0.29, 0.717) is 29.4 Å². The number of para-hydroxylation sites is 2. The van der Waals surface area contributed by atoms with E-state index in [1.807, 2.05) is 31.2 Å². The summed E-state index contributed by atoms with van der Waals surface area (Å²) in [5, 5.41) is 6.95. The number of nitrogens with zero attached hydrogens (tertiary/aromatic N) is 3. The molecule has 2 heterocycles. The van der Waals surface area contributed by atoms with Crippen LogP contribution < -0.4 is 11.1 Å². The molecule has 0 saturated carbocycles. The van der Waals surface area contributed by atoms with Gasteiger partial charge in [0, 0.05) is 7.05 Å². The van der Waals surface area contributed by atoms with Crippen molar-refractivity contribution >= 4 is 28.6 Å². The van der Waals surface area contributed by atoms with Gasteiger partial charge in [0.15, 0.2) is 0 Å². The summed E-state index contributed by atoms with van der Waals surface area (Å²) in [7, 11) is 1.70. The van der Waals surface area contributed by atoms with E-state index in [2.05, 4.69) is 20.4 Å². The molecule has 108 valence electrons. The Kier molecular flexibility index (Phi) is 3.09. The van der Waals surface area contributed by atoms with Crippen LogP contribution in [-0.4, -0.2) is 25.7 Å². The van der Waals surface area contributed by atoms with Crippen LogP contribution in [-0.2, 0) is 13.5 Å². The molecule has 0 fully saturated rings. The fourth-order valence-electron chi connectivity index (χ4n) is 2.31. The summed E-state index contributed by atoms with van der Waals surface area (Å²) in [6.45, 7) is 1.94. The number of fused-ring (bicyclic) bond motifs is 1. The molecule has 3 aromatic rings. The number of hydrogen-bond acceptors (Lipinski definition) is 4. The molecular weight excluding hydrogens is 268 g/mol. The standard InChI is InChI=1S/C14H16N6O/c1-3-8-11(15)12(20(2)19-8)13(21)18-14-16-9-6-4-5-7-10(9)17-14/h4-7H,3,15H2,1-2H3,(H2,16,17,18,21). The minimum absolute atomic E-state index is 0.332. The van der Waals surface area contributed by atoms with Crippen molar-refractivity contribution in [1.29, 1.82) is 0 Å². The molecule has 0 bridgehead atoms. The van der Waals surface area contributed by atoms with Crippen LogP contribution in [0.4, 0.5) is 11.6 Å². The van der Waals surface area contributed by atoms with Crippen LogP contribution in [0.25, 0.3) is 11.0 Å². The van der Waals surface area contributed by atoms with Crippen LogP contribution in [0.15, 0.2) is 24.3 Å². The number of nitrogens with one attached hydrogen (secondary N) is 2. The minimum Gasteiger partial charge on any atom is -0.395 e. The number of benzene rings is 1. The molecule has 7 heteroatoms. The lowest BCUT2D eigenvalue weighted by atomic mass is 10.2. The molecule has 0 aliphatic heterocycles. The SMILES string of the molecule is CCc1nn(C)c(C(=O)Nc2nc3ccccc3[nH]2)c1N. The minimum atomic E-state index is -0.332. The Labute approximate surface area is 121 Å². The molecule has 4 N–H and O–H groups in total. The smallest absolute Gasteiger partial charge is 0.278 e. The number of aromatic nitrogens is 4. The summed E-state index contributed by atoms with van der Waals surface area (Å²) in [4.78, 5) is 19.7. The van der Waals surface area contributed by atoms with Gasteiger partial charge in [-0.2, -0.15) is 5.10 Å². The third-order valence-electron chi connectivity index (χ3n) is 3.33. The van der Waals surface area contributed by atoms with E-state index < -0.39 is 0 Å². The Hall–Kier alpha value is -2.83. The van der Waals surface area contributed by atoms with Gasteiger partial charge in [-0.15, -0.1) is 0 Å². The van der Waals surface area contributed by atoms with Gasteiger partial charge in [-0.05, 0) is 18.6 Å². The van der Waals surface area contributed by atoms with Gasteiger partial charge in [-0.25, -0.2) is 4.98 Å². The number of aryl methyl sites for hydroxylation is 2. The monoisotopic (exact) mass is 284 g/mol. The first-order chi connectivity index (χ1) is 10.1. The predicted octanol–water partition coefficient (Wildman–Crippen LogP) is 1.69. The van der Waals surface area contributed by atoms with Crippen molar-refractivity contribution in [3.8, 4) is 0 Å². The molecule has 3 rings (SSSR count). The first kappa shape index (κ1) is 13.2. The summed E-state index contributed by atoms with van der Waals surface area (Å²) in [6.07, 6.45) is 0.678. The topological polar surface area (TPSA) is 102 Å². The van der Waals surface area contributed by atoms with Crippen molar-refractivity contribution in [2.24, 2.45) is 7.05 Å². The average molecular weight is 284 g/mol. The van der Waals surface area contributed by atoms with Crippen LogP contribution in [0.3, 0.4) is 0 Å². The molecule has 21 heavy (non-hydrogen) atoms. The summed E-state index contributed by atoms with van der Waals surface area (Å²) in [5.74, 6) is 0.0566. The van der Waals surface area contributed by atoms with Crippen molar-refractivity contribution in [1.82, 2.24) is 19.7 Å². The van der Waals surface area contributed by atoms with Gasteiger partial charge < -0.3 is 10.7 Å². The second kappa shape index (κ2) is 4.93. The Balaban J connectivity index is 1.91. The summed E-state index contributed by atoms with van der Waals surface area (Å²) >= 11 is 0. The highest BCUT2D eigenvalue weighted by Crippen LogP contribution is 2.19. The molecule has 0 saturated heterocycles. The Morgan fingerprint density at radius 1 is 1.43 bits per heavy atom. The number of carbonyl (C=O) groups is 1. The second-order valence-corrected chi connectivity index (χ2v) is 4.74. The van der Waals surface area contributed by atoms with Crippen molar-refractivity contribution in [3.05, 3.63) is 35.7 Å². The Morgan fingerprint density at radius 3 is 2.86 bits per heavy atom. The lowest BCUT2D eigenvalue weighted by molar-refractivity contribution is 0.101. The van der Waals surface area contributed by atoms with E-state index in [-0.39, 0.29) is 5.91 Å². The zero-order valence-corrected chi connectivity index (χ0v) is 11.8. The van der Waals surface area contributed by atoms with Gasteiger partial charge in [-0.1, -0.05) is 19.1 Å². The highest BCUT2D eigenvalue weighted by Gasteiger charge is 2.20. The number of amides is 1. The number of anilines is 2. The van der Waals surface area contributed by atoms with Gasteiger partial charge in [0.25, 0.3) is 5.91 Å². The van der Waals surface area contributed by atoms with Crippen LogP contribution in [0.1, 0.15) is 23.1 Å². The van der Waals surface area contributed by atoms with Crippen LogP contribution in [0.2, 0.25) is 0 Å². The third kappa shape index (κ3) is 2.22. The van der Waals surface area contributed by atoms with E-state index in [9.17, 15) is 4.79 Å². The number of hydrogen-bond donors (Lipinski definition) is 3. The van der Waals surface area contributed by atoms with Gasteiger partial charge in [0.05, 0.1) is 22.4 Å². The number of nitrogens with two attached hydrogens (primary N) is 1. The Bertz CT molecular complexity index is 783. The first-order valence-electron chi connectivity index (χ1n) is 6.67. The van der Waals surface area contributed by atoms with Crippen molar-refractivity contribution < 1.29 is 4.79 Å². The largest absolute Gasteiger partial charge is 0.395 e. The maximum Gasteiger partial charge on any atom is 0.278 e. The molecule has 0 aliphatic carbocycles. The number of rotatable bonds is 3. The highest BCUT2D eigenvalue weighted by molar-refractivity contribution is 6.06. The summed E-state index contributed by atoms with van der Waals surface area (Å²) in [6, 6.07) is 7.56. The normalized spacial score (nSPS) is 11.0. The number of aromatic amines is 1. The highest BCUT2D eigenvalue weighted by atomic mass is 16.2. The fourth-order valence-corrected chi connectivity index (χ4v) is 2.31. The maximum atomic E-state index is 12.3. The number of carbonyl (C=O) groups excluding carboxylic acids is 1. The van der Waals surface area contributed by atoms with Gasteiger partial charge in [0.1, 0.15) is 5.69 Å². The summed E-state index contributed by atoms with van der Waals surface area (Å²) in [5.41, 5.74) is 9.09. The zero-order valence-electron chi connectivity index (χ0n) is 11.8. The maximum absolute atomic E-state index is 12.3. The molecule has 0 radical (unpaired) electrons. The molecule has 0 spiro atoms. The van der Waals surface area contributed by atoms with Gasteiger partial charge in [0.2, 0.25) is 5.95 Å². The molecule has 7 nitrogen and oxygen atoms in total. The number of H-pyrrole nitrogens is 1. The lowest BCUT2D eigenvalue weighted by Gasteiger charge is -2.03. The molecule has 0 atom stereocenters. The number of nitrogen functional groups attached to an aromatic ring is 1. The van der Waals surface area contributed by atoms with E-state index in [4.69, 9.17) is 5.73 Å². The molecule has 2 aromatic heterocycles. The molecule has 1 aromatic carbocycles. The van der Waals surface area contributed by atoms with E-state index in [0.717, 1.165) is 11.0 Å². The number of imidazole rings is 1. The Morgan fingerprint density at radius 2 is 2.19 bits per heavy atom. The second-order valence-electron chi connectivity index (χ2n) is 4.74. The fraction of sp³-hybridized carbons (Fsp3) is 0.214. The van der Waals surface area contributed by atoms with E-state index in [1.54, 1.807) is 7.05 Å². The zero-order chi connectivity index (χ0) is 15.0. The first-order valence-corrected chi connectivity index (χ1v) is 6.67. The quantitative estimate of drug-likeness (QED) is 0.681. The molecule has 0 aliphatic rings. The molecule has 0 unspecified atom stereocenters.